The van der Waals surface area contributed by atoms with Crippen molar-refractivity contribution in [1.82, 2.24) is 4.98 Å². The van der Waals surface area contributed by atoms with Crippen molar-refractivity contribution in [2.75, 3.05) is 0 Å². The first kappa shape index (κ1) is 12.6. The number of H-pyrrole nitrogens is 1. The van der Waals surface area contributed by atoms with Crippen molar-refractivity contribution in [3.63, 3.8) is 0 Å². The van der Waals surface area contributed by atoms with E-state index in [4.69, 9.17) is 11.6 Å². The number of rotatable bonds is 2. The smallest absolute Gasteiger partial charge is 0.390 e. The summed E-state index contributed by atoms with van der Waals surface area (Å²) in [5, 5.41) is -1.03. The highest BCUT2D eigenvalue weighted by molar-refractivity contribution is 6.67. The predicted molar refractivity (Wildman–Crippen MR) is 48.7 cm³/mol. The zero-order valence-electron chi connectivity index (χ0n) is 7.81. The Balaban J connectivity index is 3.25. The zero-order valence-corrected chi connectivity index (χ0v) is 8.57. The van der Waals surface area contributed by atoms with Crippen molar-refractivity contribution in [3.05, 3.63) is 27.5 Å². The van der Waals surface area contributed by atoms with E-state index in [0.29, 0.717) is 0 Å². The van der Waals surface area contributed by atoms with Crippen LogP contribution in [0.1, 0.15) is 15.9 Å². The molecule has 0 aliphatic rings. The number of nitrogens with one attached hydrogen (secondary N) is 1. The molecule has 0 spiro atoms. The van der Waals surface area contributed by atoms with Gasteiger partial charge < -0.3 is 4.74 Å². The van der Waals surface area contributed by atoms with E-state index in [-0.39, 0.29) is 11.1 Å². The van der Waals surface area contributed by atoms with Gasteiger partial charge in [-0.2, -0.15) is 0 Å². The van der Waals surface area contributed by atoms with Crippen LogP contribution >= 0.6 is 11.6 Å². The summed E-state index contributed by atoms with van der Waals surface area (Å²) in [4.78, 5) is 23.8. The van der Waals surface area contributed by atoms with Crippen LogP contribution in [0.5, 0.6) is 5.88 Å². The Morgan fingerprint density at radius 3 is 2.50 bits per heavy atom. The SMILES string of the molecule is Cc1c(C(=O)Cl)cc(OC(F)(F)F)[nH]c1=O. The van der Waals surface area contributed by atoms with Crippen LogP contribution in [0, 0.1) is 6.92 Å². The van der Waals surface area contributed by atoms with Gasteiger partial charge in [0.05, 0.1) is 0 Å². The van der Waals surface area contributed by atoms with E-state index < -0.39 is 23.0 Å². The quantitative estimate of drug-likeness (QED) is 0.822. The average Bonchev–Trinajstić information content (AvgIpc) is 2.07. The number of carbonyl (C=O) groups is 1. The van der Waals surface area contributed by atoms with Crippen LogP contribution in [0.2, 0.25) is 0 Å². The van der Waals surface area contributed by atoms with E-state index in [1.807, 2.05) is 4.98 Å². The number of ether oxygens (including phenoxy) is 1. The van der Waals surface area contributed by atoms with E-state index in [9.17, 15) is 22.8 Å². The van der Waals surface area contributed by atoms with Crippen molar-refractivity contribution in [1.29, 1.82) is 0 Å². The van der Waals surface area contributed by atoms with E-state index in [1.54, 1.807) is 0 Å². The minimum absolute atomic E-state index is 0.0745. The van der Waals surface area contributed by atoms with E-state index in [1.165, 1.54) is 6.92 Å². The number of carbonyl (C=O) groups excluding carboxylic acids is 1. The highest BCUT2D eigenvalue weighted by Crippen LogP contribution is 2.21. The van der Waals surface area contributed by atoms with Gasteiger partial charge in [-0.05, 0) is 18.5 Å². The third-order valence-corrected chi connectivity index (χ3v) is 1.90. The molecule has 0 aliphatic carbocycles. The lowest BCUT2D eigenvalue weighted by molar-refractivity contribution is -0.276. The fraction of sp³-hybridized carbons (Fsp3) is 0.250. The van der Waals surface area contributed by atoms with Crippen LogP contribution in [0.25, 0.3) is 0 Å². The lowest BCUT2D eigenvalue weighted by atomic mass is 10.2. The Morgan fingerprint density at radius 2 is 2.06 bits per heavy atom. The number of halogens is 4. The van der Waals surface area contributed by atoms with Gasteiger partial charge in [-0.15, -0.1) is 13.2 Å². The van der Waals surface area contributed by atoms with Gasteiger partial charge in [0.15, 0.2) is 0 Å². The second-order valence-corrected chi connectivity index (χ2v) is 3.17. The maximum Gasteiger partial charge on any atom is 0.574 e. The third kappa shape index (κ3) is 2.99. The number of hydrogen-bond acceptors (Lipinski definition) is 3. The van der Waals surface area contributed by atoms with Crippen LogP contribution in [0.3, 0.4) is 0 Å². The lowest BCUT2D eigenvalue weighted by Gasteiger charge is -2.09. The topological polar surface area (TPSA) is 59.2 Å². The molecule has 8 heteroatoms. The van der Waals surface area contributed by atoms with E-state index in [0.717, 1.165) is 6.07 Å². The summed E-state index contributed by atoms with van der Waals surface area (Å²) in [6.07, 6.45) is -4.95. The summed E-state index contributed by atoms with van der Waals surface area (Å²) in [6, 6.07) is 0.722. The monoisotopic (exact) mass is 255 g/mol. The largest absolute Gasteiger partial charge is 0.574 e. The Hall–Kier alpha value is -1.50. The maximum atomic E-state index is 11.8. The minimum Gasteiger partial charge on any atom is -0.390 e. The maximum absolute atomic E-state index is 11.8. The zero-order chi connectivity index (χ0) is 12.5. The fourth-order valence-electron chi connectivity index (χ4n) is 0.987. The second kappa shape index (κ2) is 4.17. The van der Waals surface area contributed by atoms with E-state index >= 15 is 0 Å². The first-order valence-electron chi connectivity index (χ1n) is 3.90. The van der Waals surface area contributed by atoms with Crippen LogP contribution in [-0.4, -0.2) is 16.6 Å². The number of aromatic nitrogens is 1. The standard InChI is InChI=1S/C8H5ClF3NO3/c1-3-4(6(9)14)2-5(13-7(3)15)16-8(10,11)12/h2H,1H3,(H,13,15). The van der Waals surface area contributed by atoms with Gasteiger partial charge in [0, 0.05) is 17.2 Å². The molecule has 0 bridgehead atoms. The summed E-state index contributed by atoms with van der Waals surface area (Å²) in [5.74, 6) is -0.882. The summed E-state index contributed by atoms with van der Waals surface area (Å²) in [6.45, 7) is 1.26. The number of hydrogen-bond donors (Lipinski definition) is 1. The molecule has 0 unspecified atom stereocenters. The molecule has 16 heavy (non-hydrogen) atoms. The molecule has 88 valence electrons. The molecule has 1 aromatic rings. The molecule has 0 radical (unpaired) electrons. The van der Waals surface area contributed by atoms with Gasteiger partial charge in [0.1, 0.15) is 0 Å². The lowest BCUT2D eigenvalue weighted by Crippen LogP contribution is -2.22. The Bertz CT molecular complexity index is 480. The van der Waals surface area contributed by atoms with Gasteiger partial charge in [-0.1, -0.05) is 0 Å². The molecule has 0 saturated heterocycles. The molecule has 0 saturated carbocycles. The molecule has 0 amide bonds. The van der Waals surface area contributed by atoms with Crippen molar-refractivity contribution < 1.29 is 22.7 Å². The van der Waals surface area contributed by atoms with Gasteiger partial charge in [-0.25, -0.2) is 0 Å². The molecule has 1 aromatic heterocycles. The minimum atomic E-state index is -4.95. The molecule has 1 N–H and O–H groups in total. The van der Waals surface area contributed by atoms with Crippen molar-refractivity contribution in [2.24, 2.45) is 0 Å². The predicted octanol–water partition coefficient (Wildman–Crippen LogP) is 1.96. The highest BCUT2D eigenvalue weighted by Gasteiger charge is 2.32. The summed E-state index contributed by atoms with van der Waals surface area (Å²) in [7, 11) is 0. The fourth-order valence-corrected chi connectivity index (χ4v) is 1.18. The van der Waals surface area contributed by atoms with Crippen molar-refractivity contribution >= 4 is 16.8 Å². The number of pyridine rings is 1. The van der Waals surface area contributed by atoms with Gasteiger partial charge in [0.2, 0.25) is 5.88 Å². The van der Waals surface area contributed by atoms with Gasteiger partial charge in [-0.3, -0.25) is 14.6 Å². The highest BCUT2D eigenvalue weighted by atomic mass is 35.5. The second-order valence-electron chi connectivity index (χ2n) is 2.82. The summed E-state index contributed by atoms with van der Waals surface area (Å²) < 4.78 is 39.0. The Morgan fingerprint density at radius 1 is 1.50 bits per heavy atom. The molecule has 1 heterocycles. The molecular weight excluding hydrogens is 251 g/mol. The summed E-state index contributed by atoms with van der Waals surface area (Å²) >= 11 is 5.10. The first-order chi connectivity index (χ1) is 7.20. The van der Waals surface area contributed by atoms with Gasteiger partial charge >= 0.3 is 6.36 Å². The Labute approximate surface area is 92.0 Å². The molecule has 0 aromatic carbocycles. The van der Waals surface area contributed by atoms with Crippen LogP contribution < -0.4 is 10.3 Å². The van der Waals surface area contributed by atoms with Crippen LogP contribution in [-0.2, 0) is 0 Å². The summed E-state index contributed by atoms with van der Waals surface area (Å²) in [5.41, 5.74) is -1.27. The molecule has 1 rings (SSSR count). The Kier molecular flexibility index (Phi) is 3.27. The normalized spacial score (nSPS) is 11.3. The number of alkyl halides is 3. The first-order valence-corrected chi connectivity index (χ1v) is 4.28. The van der Waals surface area contributed by atoms with Crippen LogP contribution in [0.15, 0.2) is 10.9 Å². The molecule has 0 aliphatic heterocycles. The van der Waals surface area contributed by atoms with Gasteiger partial charge in [0.25, 0.3) is 10.8 Å². The van der Waals surface area contributed by atoms with Crippen molar-refractivity contribution in [3.8, 4) is 5.88 Å². The van der Waals surface area contributed by atoms with Crippen molar-refractivity contribution in [2.45, 2.75) is 13.3 Å². The third-order valence-electron chi connectivity index (χ3n) is 1.69. The average molecular weight is 256 g/mol. The molecule has 0 atom stereocenters. The molecule has 4 nitrogen and oxygen atoms in total. The number of aromatic amines is 1. The molecular formula is C8H5ClF3NO3. The molecule has 0 fully saturated rings. The van der Waals surface area contributed by atoms with E-state index in [2.05, 4.69) is 4.74 Å². The van der Waals surface area contributed by atoms with Crippen LogP contribution in [0.4, 0.5) is 13.2 Å².